The number of anilines is 2. The maximum Gasteiger partial charge on any atom is 0.348 e. The number of carbonyl (C=O) groups is 2. The molecule has 8 heteroatoms. The Morgan fingerprint density at radius 2 is 1.74 bits per heavy atom. The van der Waals surface area contributed by atoms with E-state index in [1.54, 1.807) is 20.8 Å². The molecule has 2 rings (SSSR count). The normalized spacial score (nSPS) is 10.2. The van der Waals surface area contributed by atoms with Gasteiger partial charge in [0.2, 0.25) is 0 Å². The SMILES string of the molecule is CCOC(=O)c1sc(NC(=S)Nc2cccc(C)c2)c(C(=O)OCC)c1C. The summed E-state index contributed by atoms with van der Waals surface area (Å²) in [6.45, 7) is 7.61. The number of nitrogens with one attached hydrogen (secondary N) is 2. The molecule has 0 amide bonds. The van der Waals surface area contributed by atoms with Gasteiger partial charge in [-0.05, 0) is 63.2 Å². The van der Waals surface area contributed by atoms with E-state index in [9.17, 15) is 9.59 Å². The molecule has 1 heterocycles. The topological polar surface area (TPSA) is 76.7 Å². The Morgan fingerprint density at radius 1 is 1.07 bits per heavy atom. The first-order chi connectivity index (χ1) is 12.9. The average Bonchev–Trinajstić information content (AvgIpc) is 2.91. The number of thiocarbonyl (C=S) groups is 1. The van der Waals surface area contributed by atoms with Crippen LogP contribution in [-0.2, 0) is 9.47 Å². The summed E-state index contributed by atoms with van der Waals surface area (Å²) in [5, 5.41) is 6.83. The fourth-order valence-corrected chi connectivity index (χ4v) is 3.81. The molecule has 1 aromatic heterocycles. The number of hydrogen-bond acceptors (Lipinski definition) is 6. The molecular weight excluding hydrogens is 384 g/mol. The number of aryl methyl sites for hydroxylation is 1. The van der Waals surface area contributed by atoms with Crippen molar-refractivity contribution >= 4 is 51.3 Å². The summed E-state index contributed by atoms with van der Waals surface area (Å²) in [6, 6.07) is 7.73. The van der Waals surface area contributed by atoms with Gasteiger partial charge in [0.1, 0.15) is 9.88 Å². The van der Waals surface area contributed by atoms with Crippen LogP contribution in [0.15, 0.2) is 24.3 Å². The second kappa shape index (κ2) is 9.48. The molecule has 0 unspecified atom stereocenters. The quantitative estimate of drug-likeness (QED) is 0.539. The molecule has 2 N–H and O–H groups in total. The van der Waals surface area contributed by atoms with Crippen molar-refractivity contribution in [3.63, 3.8) is 0 Å². The molecule has 0 fully saturated rings. The van der Waals surface area contributed by atoms with Crippen LogP contribution in [0.1, 0.15) is 45.0 Å². The first-order valence-electron chi connectivity index (χ1n) is 8.49. The van der Waals surface area contributed by atoms with Crippen LogP contribution in [0.4, 0.5) is 10.7 Å². The highest BCUT2D eigenvalue weighted by Crippen LogP contribution is 2.34. The Hall–Kier alpha value is -2.45. The summed E-state index contributed by atoms with van der Waals surface area (Å²) in [5.74, 6) is -0.987. The van der Waals surface area contributed by atoms with Crippen LogP contribution in [0.5, 0.6) is 0 Å². The Bertz CT molecular complexity index is 861. The third-order valence-corrected chi connectivity index (χ3v) is 4.98. The van der Waals surface area contributed by atoms with Gasteiger partial charge in [0.05, 0.1) is 18.8 Å². The number of carbonyl (C=O) groups excluding carboxylic acids is 2. The van der Waals surface area contributed by atoms with E-state index < -0.39 is 11.9 Å². The lowest BCUT2D eigenvalue weighted by atomic mass is 10.1. The molecule has 144 valence electrons. The van der Waals surface area contributed by atoms with E-state index in [0.29, 0.717) is 26.1 Å². The van der Waals surface area contributed by atoms with Gasteiger partial charge in [0.15, 0.2) is 5.11 Å². The maximum atomic E-state index is 12.4. The molecule has 0 bridgehead atoms. The van der Waals surface area contributed by atoms with Crippen molar-refractivity contribution in [2.24, 2.45) is 0 Å². The van der Waals surface area contributed by atoms with E-state index in [-0.39, 0.29) is 13.2 Å². The summed E-state index contributed by atoms with van der Waals surface area (Å²) in [5.41, 5.74) is 2.71. The predicted molar refractivity (Wildman–Crippen MR) is 112 cm³/mol. The van der Waals surface area contributed by atoms with Gasteiger partial charge in [0.25, 0.3) is 0 Å². The highest BCUT2D eigenvalue weighted by atomic mass is 32.1. The van der Waals surface area contributed by atoms with Crippen molar-refractivity contribution in [2.75, 3.05) is 23.8 Å². The molecule has 27 heavy (non-hydrogen) atoms. The third-order valence-electron chi connectivity index (χ3n) is 3.59. The Kier molecular flexibility index (Phi) is 7.32. The van der Waals surface area contributed by atoms with Crippen LogP contribution < -0.4 is 10.6 Å². The monoisotopic (exact) mass is 406 g/mol. The second-order valence-electron chi connectivity index (χ2n) is 5.65. The number of rotatable bonds is 6. The van der Waals surface area contributed by atoms with E-state index in [4.69, 9.17) is 21.7 Å². The second-order valence-corrected chi connectivity index (χ2v) is 7.08. The van der Waals surface area contributed by atoms with Crippen LogP contribution in [0.3, 0.4) is 0 Å². The van der Waals surface area contributed by atoms with E-state index in [2.05, 4.69) is 10.6 Å². The lowest BCUT2D eigenvalue weighted by Crippen LogP contribution is -2.20. The van der Waals surface area contributed by atoms with Crippen LogP contribution in [0.25, 0.3) is 0 Å². The molecule has 2 aromatic rings. The Labute approximate surface area is 167 Å². The highest BCUT2D eigenvalue weighted by molar-refractivity contribution is 7.80. The van der Waals surface area contributed by atoms with Crippen molar-refractivity contribution < 1.29 is 19.1 Å². The largest absolute Gasteiger partial charge is 0.462 e. The average molecular weight is 407 g/mol. The molecule has 0 aliphatic rings. The number of esters is 2. The first kappa shape index (κ1) is 20.9. The molecule has 0 aliphatic carbocycles. The summed E-state index contributed by atoms with van der Waals surface area (Å²) in [4.78, 5) is 24.9. The molecule has 0 atom stereocenters. The predicted octanol–water partition coefficient (Wildman–Crippen LogP) is 4.53. The van der Waals surface area contributed by atoms with E-state index in [1.165, 1.54) is 0 Å². The van der Waals surface area contributed by atoms with Gasteiger partial charge in [-0.1, -0.05) is 12.1 Å². The van der Waals surface area contributed by atoms with Crippen LogP contribution in [0, 0.1) is 13.8 Å². The molecule has 0 saturated carbocycles. The van der Waals surface area contributed by atoms with E-state index in [1.807, 2.05) is 31.2 Å². The van der Waals surface area contributed by atoms with Gasteiger partial charge in [-0.15, -0.1) is 11.3 Å². The van der Waals surface area contributed by atoms with Crippen LogP contribution in [0.2, 0.25) is 0 Å². The highest BCUT2D eigenvalue weighted by Gasteiger charge is 2.26. The molecule has 0 saturated heterocycles. The lowest BCUT2D eigenvalue weighted by molar-refractivity contribution is 0.0527. The number of ether oxygens (including phenoxy) is 2. The van der Waals surface area contributed by atoms with Crippen molar-refractivity contribution in [1.82, 2.24) is 0 Å². The summed E-state index contributed by atoms with van der Waals surface area (Å²) in [7, 11) is 0. The van der Waals surface area contributed by atoms with Crippen molar-refractivity contribution in [3.05, 3.63) is 45.8 Å². The maximum absolute atomic E-state index is 12.4. The van der Waals surface area contributed by atoms with Crippen LogP contribution >= 0.6 is 23.6 Å². The molecular formula is C19H22N2O4S2. The Balaban J connectivity index is 2.30. The van der Waals surface area contributed by atoms with Gasteiger partial charge >= 0.3 is 11.9 Å². The minimum atomic E-state index is -0.511. The first-order valence-corrected chi connectivity index (χ1v) is 9.72. The van der Waals surface area contributed by atoms with Gasteiger partial charge in [0, 0.05) is 5.69 Å². The van der Waals surface area contributed by atoms with E-state index in [0.717, 1.165) is 22.6 Å². The number of benzene rings is 1. The zero-order valence-electron chi connectivity index (χ0n) is 15.7. The molecule has 1 aromatic carbocycles. The van der Waals surface area contributed by atoms with Gasteiger partial charge in [-0.25, -0.2) is 9.59 Å². The van der Waals surface area contributed by atoms with Crippen molar-refractivity contribution in [1.29, 1.82) is 0 Å². The summed E-state index contributed by atoms with van der Waals surface area (Å²) < 4.78 is 10.2. The van der Waals surface area contributed by atoms with Gasteiger partial charge < -0.3 is 20.1 Å². The standard InChI is InChI=1S/C19H22N2O4S2/c1-5-24-17(22)14-12(4)15(18(23)25-6-2)27-16(14)21-19(26)20-13-9-7-8-11(3)10-13/h7-10H,5-6H2,1-4H3,(H2,20,21,26). The number of hydrogen-bond donors (Lipinski definition) is 2. The molecule has 6 nitrogen and oxygen atoms in total. The summed E-state index contributed by atoms with van der Waals surface area (Å²) in [6.07, 6.45) is 0. The van der Waals surface area contributed by atoms with Gasteiger partial charge in [-0.2, -0.15) is 0 Å². The lowest BCUT2D eigenvalue weighted by Gasteiger charge is -2.11. The zero-order valence-corrected chi connectivity index (χ0v) is 17.3. The van der Waals surface area contributed by atoms with E-state index >= 15 is 0 Å². The molecule has 0 aliphatic heterocycles. The Morgan fingerprint density at radius 3 is 2.37 bits per heavy atom. The van der Waals surface area contributed by atoms with Crippen molar-refractivity contribution in [2.45, 2.75) is 27.7 Å². The minimum Gasteiger partial charge on any atom is -0.462 e. The van der Waals surface area contributed by atoms with Gasteiger partial charge in [-0.3, -0.25) is 0 Å². The number of thiophene rings is 1. The zero-order chi connectivity index (χ0) is 20.0. The fraction of sp³-hybridized carbons (Fsp3) is 0.316. The third kappa shape index (κ3) is 5.27. The smallest absolute Gasteiger partial charge is 0.348 e. The molecule has 0 spiro atoms. The van der Waals surface area contributed by atoms with Crippen LogP contribution in [-0.4, -0.2) is 30.3 Å². The minimum absolute atomic E-state index is 0.230. The molecule has 0 radical (unpaired) electrons. The fourth-order valence-electron chi connectivity index (χ4n) is 2.43. The van der Waals surface area contributed by atoms with Crippen molar-refractivity contribution in [3.8, 4) is 0 Å². The summed E-state index contributed by atoms with van der Waals surface area (Å²) >= 11 is 6.47.